The smallest absolute Gasteiger partial charge is 0.399 e. The van der Waals surface area contributed by atoms with Crippen LogP contribution < -0.4 is 4.74 Å². The molecule has 1 aromatic carbocycles. The number of rotatable bonds is 7. The van der Waals surface area contributed by atoms with Gasteiger partial charge in [-0.3, -0.25) is 4.79 Å². The lowest BCUT2D eigenvalue weighted by Crippen LogP contribution is -2.36. The first-order valence-corrected chi connectivity index (χ1v) is 9.97. The number of hydrogen-bond donors (Lipinski definition) is 2. The molecule has 0 aliphatic rings. The lowest BCUT2D eigenvalue weighted by atomic mass is 9.89. The molecule has 6 nitrogen and oxygen atoms in total. The molecule has 0 spiro atoms. The number of pyridine rings is 1. The summed E-state index contributed by atoms with van der Waals surface area (Å²) in [6.45, 7) is 4.80. The molecule has 2 heterocycles. The van der Waals surface area contributed by atoms with Crippen molar-refractivity contribution in [3.05, 3.63) is 54.2 Å². The Hall–Kier alpha value is -3.43. The monoisotopic (exact) mass is 465 g/mol. The van der Waals surface area contributed by atoms with Gasteiger partial charge in [-0.2, -0.15) is 13.2 Å². The Morgan fingerprint density at radius 1 is 1.00 bits per heavy atom. The number of hydrogen-bond acceptors (Lipinski definition) is 4. The quantitative estimate of drug-likeness (QED) is 0.443. The fourth-order valence-electron chi connectivity index (χ4n) is 2.76. The number of aromatic nitrogens is 3. The van der Waals surface area contributed by atoms with E-state index in [-0.39, 0.29) is 24.0 Å². The van der Waals surface area contributed by atoms with Crippen molar-refractivity contribution in [2.45, 2.75) is 39.3 Å². The number of aliphatic carboxylic acids is 1. The van der Waals surface area contributed by atoms with E-state index < -0.39 is 28.8 Å². The van der Waals surface area contributed by atoms with E-state index in [4.69, 9.17) is 9.84 Å². The van der Waals surface area contributed by atoms with Crippen molar-refractivity contribution in [2.75, 3.05) is 6.61 Å². The summed E-state index contributed by atoms with van der Waals surface area (Å²) in [7, 11) is 0. The van der Waals surface area contributed by atoms with Crippen LogP contribution in [0, 0.1) is 11.2 Å². The molecule has 0 atom stereocenters. The fourth-order valence-corrected chi connectivity index (χ4v) is 2.76. The minimum atomic E-state index is -4.43. The summed E-state index contributed by atoms with van der Waals surface area (Å²) in [5.41, 5.74) is -1.71. The maximum absolute atomic E-state index is 14.4. The number of carboxylic acid groups (broad SMARTS) is 1. The highest BCUT2D eigenvalue weighted by molar-refractivity contribution is 5.73. The zero-order valence-electron chi connectivity index (χ0n) is 18.4. The molecule has 3 rings (SSSR count). The van der Waals surface area contributed by atoms with Crippen molar-refractivity contribution in [1.29, 1.82) is 0 Å². The van der Waals surface area contributed by atoms with E-state index in [0.29, 0.717) is 16.7 Å². The molecule has 0 saturated heterocycles. The normalized spacial score (nSPS) is 12.6. The van der Waals surface area contributed by atoms with Gasteiger partial charge in [0.1, 0.15) is 17.8 Å². The number of carbonyl (C=O) groups is 1. The third-order valence-electron chi connectivity index (χ3n) is 5.41. The van der Waals surface area contributed by atoms with Crippen LogP contribution in [0.5, 0.6) is 5.88 Å². The van der Waals surface area contributed by atoms with Crippen molar-refractivity contribution in [2.24, 2.45) is 5.41 Å². The van der Waals surface area contributed by atoms with Crippen LogP contribution in [0.1, 0.15) is 33.4 Å². The van der Waals surface area contributed by atoms with Crippen LogP contribution >= 0.6 is 0 Å². The first-order valence-electron chi connectivity index (χ1n) is 9.97. The first kappa shape index (κ1) is 24.2. The van der Waals surface area contributed by atoms with Crippen molar-refractivity contribution < 1.29 is 32.2 Å². The molecule has 0 aliphatic carbocycles. The average molecular weight is 465 g/mol. The van der Waals surface area contributed by atoms with Gasteiger partial charge in [0.25, 0.3) is 0 Å². The molecule has 10 heteroatoms. The van der Waals surface area contributed by atoms with Gasteiger partial charge in [-0.05, 0) is 39.3 Å². The summed E-state index contributed by atoms with van der Waals surface area (Å²) >= 11 is 0. The third-order valence-corrected chi connectivity index (χ3v) is 5.41. The summed E-state index contributed by atoms with van der Waals surface area (Å²) < 4.78 is 59.4. The van der Waals surface area contributed by atoms with Crippen LogP contribution in [0.15, 0.2) is 42.7 Å². The molecular weight excluding hydrogens is 442 g/mol. The zero-order chi connectivity index (χ0) is 24.6. The Morgan fingerprint density at radius 3 is 2.15 bits per heavy atom. The van der Waals surface area contributed by atoms with Crippen LogP contribution in [0.25, 0.3) is 22.5 Å². The predicted octanol–water partition coefficient (Wildman–Crippen LogP) is 5.61. The van der Waals surface area contributed by atoms with Crippen LogP contribution in [0.3, 0.4) is 0 Å². The van der Waals surface area contributed by atoms with E-state index >= 15 is 0 Å². The van der Waals surface area contributed by atoms with Crippen molar-refractivity contribution in [3.8, 4) is 28.4 Å². The summed E-state index contributed by atoms with van der Waals surface area (Å²) in [5.74, 6) is -1.85. The molecule has 2 N–H and O–H groups in total. The van der Waals surface area contributed by atoms with Gasteiger partial charge >= 0.3 is 12.1 Å². The number of alkyl halides is 3. The van der Waals surface area contributed by atoms with Crippen LogP contribution in [0.2, 0.25) is 0 Å². The minimum Gasteiger partial charge on any atom is -0.481 e. The second-order valence-electron chi connectivity index (χ2n) is 8.83. The Balaban J connectivity index is 1.77. The highest BCUT2D eigenvalue weighted by atomic mass is 19.4. The first-order chi connectivity index (χ1) is 15.2. The Kier molecular flexibility index (Phi) is 6.23. The summed E-state index contributed by atoms with van der Waals surface area (Å²) in [4.78, 5) is 21.9. The molecule has 0 amide bonds. The van der Waals surface area contributed by atoms with Crippen LogP contribution in [0.4, 0.5) is 17.6 Å². The number of imidazole rings is 1. The number of ether oxygens (including phenoxy) is 1. The molecule has 0 unspecified atom stereocenters. The molecule has 2 aromatic heterocycles. The highest BCUT2D eigenvalue weighted by Crippen LogP contribution is 2.40. The van der Waals surface area contributed by atoms with E-state index in [2.05, 4.69) is 15.0 Å². The fraction of sp³-hybridized carbons (Fsp3) is 0.348. The second kappa shape index (κ2) is 8.49. The molecular formula is C23H23F4N3O3. The van der Waals surface area contributed by atoms with Gasteiger partial charge in [-0.25, -0.2) is 14.4 Å². The van der Waals surface area contributed by atoms with E-state index in [9.17, 15) is 22.4 Å². The largest absolute Gasteiger partial charge is 0.481 e. The number of nitrogens with one attached hydrogen (secondary N) is 1. The molecule has 176 valence electrons. The van der Waals surface area contributed by atoms with Gasteiger partial charge in [0.15, 0.2) is 5.82 Å². The molecule has 0 saturated carbocycles. The van der Waals surface area contributed by atoms with Gasteiger partial charge in [0.05, 0.1) is 5.41 Å². The predicted molar refractivity (Wildman–Crippen MR) is 113 cm³/mol. The molecule has 33 heavy (non-hydrogen) atoms. The number of nitrogens with zero attached hydrogens (tertiary/aromatic N) is 2. The lowest BCUT2D eigenvalue weighted by Gasteiger charge is -2.26. The number of H-pyrrole nitrogens is 1. The van der Waals surface area contributed by atoms with Crippen LogP contribution in [-0.4, -0.2) is 38.8 Å². The molecule has 0 fully saturated rings. The van der Waals surface area contributed by atoms with Crippen LogP contribution in [-0.2, 0) is 10.2 Å². The van der Waals surface area contributed by atoms with Crippen molar-refractivity contribution >= 4 is 5.97 Å². The van der Waals surface area contributed by atoms with Gasteiger partial charge < -0.3 is 14.8 Å². The number of halogens is 4. The van der Waals surface area contributed by atoms with E-state index in [1.165, 1.54) is 32.3 Å². The molecule has 3 aromatic rings. The average Bonchev–Trinajstić information content (AvgIpc) is 3.23. The third kappa shape index (κ3) is 4.99. The summed E-state index contributed by atoms with van der Waals surface area (Å²) in [6.07, 6.45) is -1.88. The Bertz CT molecular complexity index is 1150. The van der Waals surface area contributed by atoms with Gasteiger partial charge in [0.2, 0.25) is 5.88 Å². The minimum absolute atomic E-state index is 0.0537. The van der Waals surface area contributed by atoms with Gasteiger partial charge in [-0.1, -0.05) is 24.3 Å². The van der Waals surface area contributed by atoms with Gasteiger partial charge in [-0.15, -0.1) is 0 Å². The topological polar surface area (TPSA) is 88.1 Å². The summed E-state index contributed by atoms with van der Waals surface area (Å²) in [5, 5.41) is 9.11. The molecule has 0 aliphatic heterocycles. The SMILES string of the molecule is CC(C)(COc1ncc(-c2ccc(-c3ncc(C(C)(C)C(F)(F)F)[nH]3)cc2)cc1F)C(=O)O. The maximum Gasteiger partial charge on any atom is 0.399 e. The standard InChI is InChI=1S/C23H23F4N3O3/c1-21(2,20(31)32)12-33-19-16(24)9-15(10-29-19)13-5-7-14(8-6-13)18-28-11-17(30-18)22(3,4)23(25,26)27/h5-11H,12H2,1-4H3,(H,28,30)(H,31,32). The van der Waals surface area contributed by atoms with E-state index in [0.717, 1.165) is 13.8 Å². The summed E-state index contributed by atoms with van der Waals surface area (Å²) in [6, 6.07) is 7.84. The lowest BCUT2D eigenvalue weighted by molar-refractivity contribution is -0.181. The van der Waals surface area contributed by atoms with E-state index in [1.54, 1.807) is 24.3 Å². The van der Waals surface area contributed by atoms with E-state index in [1.807, 2.05) is 0 Å². The van der Waals surface area contributed by atoms with Gasteiger partial charge in [0, 0.05) is 29.2 Å². The van der Waals surface area contributed by atoms with Crippen molar-refractivity contribution in [3.63, 3.8) is 0 Å². The number of carboxylic acids is 1. The number of benzene rings is 1. The zero-order valence-corrected chi connectivity index (χ0v) is 18.4. The van der Waals surface area contributed by atoms with Crippen molar-refractivity contribution in [1.82, 2.24) is 15.0 Å². The Morgan fingerprint density at radius 2 is 1.61 bits per heavy atom. The highest BCUT2D eigenvalue weighted by Gasteiger charge is 2.49. The molecule has 0 bridgehead atoms. The molecule has 0 radical (unpaired) electrons. The maximum atomic E-state index is 14.4. The number of aromatic amines is 1. The Labute approximate surface area is 187 Å². The second-order valence-corrected chi connectivity index (χ2v) is 8.83.